The highest BCUT2D eigenvalue weighted by molar-refractivity contribution is 6.02. The van der Waals surface area contributed by atoms with Crippen LogP contribution in [0.4, 0.5) is 0 Å². The maximum absolute atomic E-state index is 11.3. The van der Waals surface area contributed by atoms with Gasteiger partial charge in [-0.1, -0.05) is 12.2 Å². The zero-order valence-electron chi connectivity index (χ0n) is 15.3. The average molecular weight is 362 g/mol. The van der Waals surface area contributed by atoms with E-state index in [1.54, 1.807) is 0 Å². The molecule has 0 spiro atoms. The van der Waals surface area contributed by atoms with Crippen molar-refractivity contribution in [3.63, 3.8) is 0 Å². The lowest BCUT2D eigenvalue weighted by Gasteiger charge is -2.34. The van der Waals surface area contributed by atoms with Gasteiger partial charge in [-0.15, -0.1) is 0 Å². The predicted octanol–water partition coefficient (Wildman–Crippen LogP) is 3.50. The van der Waals surface area contributed by atoms with Crippen LogP contribution in [-0.2, 0) is 4.79 Å². The molecule has 2 aliphatic rings. The molecule has 0 radical (unpaired) electrons. The number of aryl methyl sites for hydroxylation is 1. The molecular formula is C21H22N4O2. The Labute approximate surface area is 157 Å². The first-order valence-corrected chi connectivity index (χ1v) is 8.96. The SMILES string of the molecule is Cc1cc2cc(OC3N=C(NC4=CC=C[C@@](C)(C=O)C4)C3C=N)ccc2[nH]1. The van der Waals surface area contributed by atoms with E-state index in [0.29, 0.717) is 12.3 Å². The summed E-state index contributed by atoms with van der Waals surface area (Å²) < 4.78 is 5.97. The molecule has 6 heteroatoms. The zero-order chi connectivity index (χ0) is 19.0. The Morgan fingerprint density at radius 3 is 3.04 bits per heavy atom. The maximum atomic E-state index is 11.3. The molecule has 0 fully saturated rings. The van der Waals surface area contributed by atoms with Gasteiger partial charge in [0.05, 0.1) is 0 Å². The first-order chi connectivity index (χ1) is 13.0. The zero-order valence-corrected chi connectivity index (χ0v) is 15.3. The maximum Gasteiger partial charge on any atom is 0.206 e. The first kappa shape index (κ1) is 17.3. The Kier molecular flexibility index (Phi) is 4.18. The summed E-state index contributed by atoms with van der Waals surface area (Å²) >= 11 is 0. The molecule has 27 heavy (non-hydrogen) atoms. The van der Waals surface area contributed by atoms with E-state index in [4.69, 9.17) is 10.1 Å². The van der Waals surface area contributed by atoms with E-state index in [0.717, 1.165) is 34.3 Å². The van der Waals surface area contributed by atoms with Gasteiger partial charge < -0.3 is 25.2 Å². The lowest BCUT2D eigenvalue weighted by Crippen LogP contribution is -2.49. The summed E-state index contributed by atoms with van der Waals surface area (Å²) in [6, 6.07) is 7.94. The van der Waals surface area contributed by atoms with Crippen LogP contribution in [0.3, 0.4) is 0 Å². The molecule has 3 N–H and O–H groups in total. The highest BCUT2D eigenvalue weighted by atomic mass is 16.5. The van der Waals surface area contributed by atoms with Crippen molar-refractivity contribution in [1.29, 1.82) is 5.41 Å². The second kappa shape index (κ2) is 6.54. The van der Waals surface area contributed by atoms with Crippen molar-refractivity contribution in [2.75, 3.05) is 0 Å². The Bertz CT molecular complexity index is 1000. The first-order valence-electron chi connectivity index (χ1n) is 8.96. The third kappa shape index (κ3) is 3.30. The molecule has 6 nitrogen and oxygen atoms in total. The number of H-pyrrole nitrogens is 1. The average Bonchev–Trinajstić information content (AvgIpc) is 3.00. The van der Waals surface area contributed by atoms with E-state index in [2.05, 4.69) is 21.4 Å². The van der Waals surface area contributed by atoms with Gasteiger partial charge in [-0.2, -0.15) is 0 Å². The lowest BCUT2D eigenvalue weighted by atomic mass is 9.83. The van der Waals surface area contributed by atoms with Crippen LogP contribution < -0.4 is 10.1 Å². The summed E-state index contributed by atoms with van der Waals surface area (Å²) in [5, 5.41) is 12.1. The van der Waals surface area contributed by atoms with E-state index in [9.17, 15) is 4.79 Å². The Hall–Kier alpha value is -3.15. The number of aldehydes is 1. The molecule has 138 valence electrons. The van der Waals surface area contributed by atoms with Crippen molar-refractivity contribution in [3.05, 3.63) is 53.9 Å². The number of carbonyl (C=O) groups is 1. The number of ether oxygens (including phenoxy) is 1. The molecule has 0 saturated heterocycles. The second-order valence-electron chi connectivity index (χ2n) is 7.39. The predicted molar refractivity (Wildman–Crippen MR) is 106 cm³/mol. The van der Waals surface area contributed by atoms with Crippen molar-refractivity contribution < 1.29 is 9.53 Å². The third-order valence-electron chi connectivity index (χ3n) is 4.96. The number of aromatic nitrogens is 1. The number of allylic oxidation sites excluding steroid dienone is 4. The fraction of sp³-hybridized carbons (Fsp3) is 0.286. The molecule has 2 heterocycles. The summed E-state index contributed by atoms with van der Waals surface area (Å²) in [4.78, 5) is 19.0. The molecule has 2 unspecified atom stereocenters. The van der Waals surface area contributed by atoms with Crippen LogP contribution >= 0.6 is 0 Å². The van der Waals surface area contributed by atoms with Crippen molar-refractivity contribution in [2.45, 2.75) is 26.5 Å². The Balaban J connectivity index is 1.46. The van der Waals surface area contributed by atoms with Gasteiger partial charge in [0.25, 0.3) is 0 Å². The monoisotopic (exact) mass is 362 g/mol. The molecule has 0 bridgehead atoms. The number of hydrogen-bond acceptors (Lipinski definition) is 5. The Morgan fingerprint density at radius 1 is 1.41 bits per heavy atom. The summed E-state index contributed by atoms with van der Waals surface area (Å²) in [6.07, 6.45) is 8.18. The second-order valence-corrected chi connectivity index (χ2v) is 7.39. The number of carbonyl (C=O) groups excluding carboxylic acids is 1. The largest absolute Gasteiger partial charge is 0.467 e. The quantitative estimate of drug-likeness (QED) is 0.562. The van der Waals surface area contributed by atoms with E-state index in [1.165, 1.54) is 6.21 Å². The van der Waals surface area contributed by atoms with Crippen molar-refractivity contribution in [2.24, 2.45) is 16.3 Å². The summed E-state index contributed by atoms with van der Waals surface area (Å²) in [6.45, 7) is 3.91. The van der Waals surface area contributed by atoms with E-state index >= 15 is 0 Å². The van der Waals surface area contributed by atoms with Gasteiger partial charge >= 0.3 is 0 Å². The molecule has 0 saturated carbocycles. The van der Waals surface area contributed by atoms with Crippen molar-refractivity contribution in [1.82, 2.24) is 10.3 Å². The van der Waals surface area contributed by atoms with E-state index in [-0.39, 0.29) is 5.92 Å². The van der Waals surface area contributed by atoms with Crippen LogP contribution in [0.1, 0.15) is 19.0 Å². The fourth-order valence-electron chi connectivity index (χ4n) is 3.45. The minimum atomic E-state index is -0.498. The van der Waals surface area contributed by atoms with Gasteiger partial charge in [-0.3, -0.25) is 0 Å². The molecule has 0 amide bonds. The van der Waals surface area contributed by atoms with Crippen LogP contribution in [0.25, 0.3) is 10.9 Å². The number of nitrogens with one attached hydrogen (secondary N) is 3. The van der Waals surface area contributed by atoms with Gasteiger partial charge in [0, 0.05) is 40.3 Å². The van der Waals surface area contributed by atoms with Crippen LogP contribution in [0, 0.1) is 23.7 Å². The minimum absolute atomic E-state index is 0.233. The topological polar surface area (TPSA) is 90.3 Å². The van der Waals surface area contributed by atoms with Gasteiger partial charge in [0.2, 0.25) is 6.23 Å². The smallest absolute Gasteiger partial charge is 0.206 e. The number of rotatable bonds is 5. The van der Waals surface area contributed by atoms with Gasteiger partial charge in [0.1, 0.15) is 23.8 Å². The number of aliphatic imine (C=N–C) groups is 1. The summed E-state index contributed by atoms with van der Waals surface area (Å²) in [5.41, 5.74) is 2.59. The summed E-state index contributed by atoms with van der Waals surface area (Å²) in [7, 11) is 0. The van der Waals surface area contributed by atoms with E-state index in [1.807, 2.05) is 50.3 Å². The van der Waals surface area contributed by atoms with Crippen LogP contribution in [-0.4, -0.2) is 29.5 Å². The molecule has 4 rings (SSSR count). The number of benzene rings is 1. The molecular weight excluding hydrogens is 340 g/mol. The number of hydrogen-bond donors (Lipinski definition) is 3. The van der Waals surface area contributed by atoms with Crippen LogP contribution in [0.15, 0.2) is 53.2 Å². The van der Waals surface area contributed by atoms with Gasteiger partial charge in [-0.25, -0.2) is 4.99 Å². The standard InChI is InChI=1S/C21H22N4O2/c1-13-8-14-9-16(5-6-18(14)23-13)27-20-17(11-22)19(25-20)24-15-4-3-7-21(2,10-15)12-26/h3-9,11-12,17,20,22-23H,10H2,1-2H3,(H,24,25)/t17?,20?,21-/m1/s1. The highest BCUT2D eigenvalue weighted by Gasteiger charge is 2.36. The molecule has 1 aliphatic heterocycles. The normalized spacial score (nSPS) is 26.7. The number of aromatic amines is 1. The molecule has 1 aromatic carbocycles. The van der Waals surface area contributed by atoms with Crippen LogP contribution in [0.5, 0.6) is 5.75 Å². The van der Waals surface area contributed by atoms with E-state index < -0.39 is 11.6 Å². The van der Waals surface area contributed by atoms with Crippen molar-refractivity contribution >= 4 is 29.2 Å². The molecule has 1 aliphatic carbocycles. The molecule has 2 aromatic rings. The van der Waals surface area contributed by atoms with Gasteiger partial charge in [0.15, 0.2) is 0 Å². The molecule has 1 aromatic heterocycles. The number of nitrogens with zero attached hydrogens (tertiary/aromatic N) is 1. The number of amidine groups is 1. The van der Waals surface area contributed by atoms with Crippen LogP contribution in [0.2, 0.25) is 0 Å². The minimum Gasteiger partial charge on any atom is -0.467 e. The summed E-state index contributed by atoms with van der Waals surface area (Å²) in [5.74, 6) is 1.20. The Morgan fingerprint density at radius 2 is 2.26 bits per heavy atom. The molecule has 3 atom stereocenters. The van der Waals surface area contributed by atoms with Crippen molar-refractivity contribution in [3.8, 4) is 5.75 Å². The fourth-order valence-corrected chi connectivity index (χ4v) is 3.45. The lowest BCUT2D eigenvalue weighted by molar-refractivity contribution is -0.113. The third-order valence-corrected chi connectivity index (χ3v) is 4.96. The highest BCUT2D eigenvalue weighted by Crippen LogP contribution is 2.30. The number of fused-ring (bicyclic) bond motifs is 1. The van der Waals surface area contributed by atoms with Gasteiger partial charge in [-0.05, 0) is 44.2 Å².